The molecular formula is C16H25NO2. The number of methoxy groups -OCH3 is 1. The summed E-state index contributed by atoms with van der Waals surface area (Å²) in [6.07, 6.45) is 2.62. The number of rotatable bonds is 3. The van der Waals surface area contributed by atoms with Gasteiger partial charge < -0.3 is 14.7 Å². The molecule has 1 aliphatic rings. The second-order valence-electron chi connectivity index (χ2n) is 5.52. The molecule has 0 aliphatic carbocycles. The molecule has 3 heteroatoms. The molecule has 1 unspecified atom stereocenters. The molecule has 1 N–H and O–H groups in total. The Bertz CT molecular complexity index is 433. The number of likely N-dealkylation sites (tertiary alicyclic amines) is 1. The summed E-state index contributed by atoms with van der Waals surface area (Å²) in [5.74, 6) is 0.804. The van der Waals surface area contributed by atoms with Crippen LogP contribution in [-0.2, 0) is 5.60 Å². The minimum atomic E-state index is -0.749. The van der Waals surface area contributed by atoms with Crippen molar-refractivity contribution >= 4 is 0 Å². The third kappa shape index (κ3) is 3.10. The Kier molecular flexibility index (Phi) is 4.48. The molecule has 2 rings (SSSR count). The van der Waals surface area contributed by atoms with Crippen LogP contribution < -0.4 is 4.74 Å². The minimum absolute atomic E-state index is 0.749. The van der Waals surface area contributed by atoms with E-state index >= 15 is 0 Å². The van der Waals surface area contributed by atoms with E-state index in [9.17, 15) is 5.11 Å². The molecule has 3 nitrogen and oxygen atoms in total. The Hall–Kier alpha value is -1.06. The maximum Gasteiger partial charge on any atom is 0.124 e. The fourth-order valence-electron chi connectivity index (χ4n) is 2.95. The van der Waals surface area contributed by atoms with Crippen LogP contribution in [0.2, 0.25) is 0 Å². The van der Waals surface area contributed by atoms with Gasteiger partial charge in [-0.3, -0.25) is 0 Å². The molecule has 0 amide bonds. The van der Waals surface area contributed by atoms with Crippen molar-refractivity contribution in [2.24, 2.45) is 0 Å². The Morgan fingerprint density at radius 1 is 1.32 bits per heavy atom. The fourth-order valence-corrected chi connectivity index (χ4v) is 2.95. The maximum atomic E-state index is 11.1. The molecule has 1 aliphatic heterocycles. The molecule has 0 aromatic heterocycles. The summed E-state index contributed by atoms with van der Waals surface area (Å²) >= 11 is 0. The van der Waals surface area contributed by atoms with E-state index in [4.69, 9.17) is 4.74 Å². The van der Waals surface area contributed by atoms with Crippen LogP contribution in [0.4, 0.5) is 0 Å². The predicted molar refractivity (Wildman–Crippen MR) is 77.6 cm³/mol. The average Bonchev–Trinajstić information content (AvgIpc) is 2.61. The summed E-state index contributed by atoms with van der Waals surface area (Å²) in [6, 6.07) is 6.06. The van der Waals surface area contributed by atoms with Crippen LogP contribution >= 0.6 is 0 Å². The highest BCUT2D eigenvalue weighted by Gasteiger charge is 2.34. The van der Waals surface area contributed by atoms with Gasteiger partial charge in [0, 0.05) is 12.1 Å². The predicted octanol–water partition coefficient (Wildman–Crippen LogP) is 2.70. The number of ether oxygens (including phenoxy) is 1. The molecule has 1 saturated heterocycles. The lowest BCUT2D eigenvalue weighted by Crippen LogP contribution is -2.29. The third-order valence-corrected chi connectivity index (χ3v) is 4.21. The van der Waals surface area contributed by atoms with Crippen molar-refractivity contribution < 1.29 is 9.84 Å². The molecule has 0 bridgehead atoms. The van der Waals surface area contributed by atoms with Gasteiger partial charge in [-0.25, -0.2) is 0 Å². The summed E-state index contributed by atoms with van der Waals surface area (Å²) < 4.78 is 5.44. The molecule has 1 fully saturated rings. The monoisotopic (exact) mass is 263 g/mol. The number of hydrogen-bond donors (Lipinski definition) is 1. The smallest absolute Gasteiger partial charge is 0.124 e. The fraction of sp³-hybridized carbons (Fsp3) is 0.625. The van der Waals surface area contributed by atoms with Gasteiger partial charge in [0.1, 0.15) is 5.75 Å². The first-order valence-electron chi connectivity index (χ1n) is 7.19. The number of hydrogen-bond acceptors (Lipinski definition) is 3. The molecule has 1 heterocycles. The van der Waals surface area contributed by atoms with Gasteiger partial charge in [-0.15, -0.1) is 0 Å². The van der Waals surface area contributed by atoms with Crippen molar-refractivity contribution in [3.63, 3.8) is 0 Å². The first-order valence-corrected chi connectivity index (χ1v) is 7.19. The lowest BCUT2D eigenvalue weighted by Gasteiger charge is -2.29. The highest BCUT2D eigenvalue weighted by atomic mass is 16.5. The summed E-state index contributed by atoms with van der Waals surface area (Å²) in [7, 11) is 1.67. The Balaban J connectivity index is 2.30. The Morgan fingerprint density at radius 2 is 2.11 bits per heavy atom. The van der Waals surface area contributed by atoms with E-state index < -0.39 is 5.60 Å². The number of benzene rings is 1. The highest BCUT2D eigenvalue weighted by molar-refractivity contribution is 5.41. The molecular weight excluding hydrogens is 238 g/mol. The number of aryl methyl sites for hydroxylation is 1. The maximum absolute atomic E-state index is 11.1. The van der Waals surface area contributed by atoms with Gasteiger partial charge in [0.15, 0.2) is 0 Å². The van der Waals surface area contributed by atoms with Gasteiger partial charge in [0.25, 0.3) is 0 Å². The van der Waals surface area contributed by atoms with E-state index in [1.807, 2.05) is 12.1 Å². The van der Waals surface area contributed by atoms with Crippen LogP contribution in [-0.4, -0.2) is 36.8 Å². The van der Waals surface area contributed by atoms with E-state index in [1.54, 1.807) is 7.11 Å². The van der Waals surface area contributed by atoms with Crippen LogP contribution in [0.25, 0.3) is 0 Å². The largest absolute Gasteiger partial charge is 0.496 e. The second kappa shape index (κ2) is 5.93. The summed E-state index contributed by atoms with van der Waals surface area (Å²) in [5, 5.41) is 11.1. The van der Waals surface area contributed by atoms with Gasteiger partial charge in [0.05, 0.1) is 12.7 Å². The molecule has 0 radical (unpaired) electrons. The summed E-state index contributed by atoms with van der Waals surface area (Å²) in [6.45, 7) is 7.32. The van der Waals surface area contributed by atoms with Gasteiger partial charge in [-0.2, -0.15) is 0 Å². The third-order valence-electron chi connectivity index (χ3n) is 4.21. The topological polar surface area (TPSA) is 32.7 Å². The van der Waals surface area contributed by atoms with Crippen molar-refractivity contribution in [1.82, 2.24) is 4.90 Å². The SMILES string of the molecule is CCN1CCCC(O)(c2cc(C)ccc2OC)CC1. The van der Waals surface area contributed by atoms with Gasteiger partial charge in [-0.05, 0) is 51.4 Å². The van der Waals surface area contributed by atoms with Gasteiger partial charge >= 0.3 is 0 Å². The van der Waals surface area contributed by atoms with E-state index in [0.29, 0.717) is 0 Å². The molecule has 19 heavy (non-hydrogen) atoms. The zero-order valence-corrected chi connectivity index (χ0v) is 12.3. The van der Waals surface area contributed by atoms with Crippen molar-refractivity contribution in [2.75, 3.05) is 26.7 Å². The first-order chi connectivity index (χ1) is 9.09. The standard InChI is InChI=1S/C16H25NO2/c1-4-17-10-5-8-16(18,9-11-17)14-12-13(2)6-7-15(14)19-3/h6-7,12,18H,4-5,8-11H2,1-3H3. The summed E-state index contributed by atoms with van der Waals surface area (Å²) in [4.78, 5) is 2.40. The van der Waals surface area contributed by atoms with E-state index in [0.717, 1.165) is 50.2 Å². The van der Waals surface area contributed by atoms with Crippen LogP contribution in [0.1, 0.15) is 37.3 Å². The number of aliphatic hydroxyl groups is 1. The van der Waals surface area contributed by atoms with E-state index in [1.165, 1.54) is 5.56 Å². The van der Waals surface area contributed by atoms with E-state index in [-0.39, 0.29) is 0 Å². The molecule has 1 aromatic rings. The van der Waals surface area contributed by atoms with Gasteiger partial charge in [0.2, 0.25) is 0 Å². The van der Waals surface area contributed by atoms with Crippen LogP contribution in [0, 0.1) is 6.92 Å². The van der Waals surface area contributed by atoms with E-state index in [2.05, 4.69) is 24.8 Å². The molecule has 1 atom stereocenters. The molecule has 1 aromatic carbocycles. The average molecular weight is 263 g/mol. The highest BCUT2D eigenvalue weighted by Crippen LogP contribution is 2.38. The Labute approximate surface area is 116 Å². The molecule has 0 spiro atoms. The minimum Gasteiger partial charge on any atom is -0.496 e. The quantitative estimate of drug-likeness (QED) is 0.910. The number of nitrogens with zero attached hydrogens (tertiary/aromatic N) is 1. The van der Waals surface area contributed by atoms with Crippen molar-refractivity contribution in [3.8, 4) is 5.75 Å². The van der Waals surface area contributed by atoms with Crippen molar-refractivity contribution in [1.29, 1.82) is 0 Å². The van der Waals surface area contributed by atoms with Crippen LogP contribution in [0.15, 0.2) is 18.2 Å². The molecule has 0 saturated carbocycles. The lowest BCUT2D eigenvalue weighted by atomic mass is 9.85. The normalized spacial score (nSPS) is 25.1. The Morgan fingerprint density at radius 3 is 2.79 bits per heavy atom. The molecule has 106 valence electrons. The zero-order chi connectivity index (χ0) is 13.9. The summed E-state index contributed by atoms with van der Waals surface area (Å²) in [5.41, 5.74) is 1.37. The second-order valence-corrected chi connectivity index (χ2v) is 5.52. The van der Waals surface area contributed by atoms with Crippen molar-refractivity contribution in [3.05, 3.63) is 29.3 Å². The lowest BCUT2D eigenvalue weighted by molar-refractivity contribution is 0.0191. The van der Waals surface area contributed by atoms with Crippen molar-refractivity contribution in [2.45, 2.75) is 38.7 Å². The van der Waals surface area contributed by atoms with Crippen LogP contribution in [0.5, 0.6) is 5.75 Å². The van der Waals surface area contributed by atoms with Gasteiger partial charge in [-0.1, -0.05) is 18.6 Å². The zero-order valence-electron chi connectivity index (χ0n) is 12.3. The first kappa shape index (κ1) is 14.4. The van der Waals surface area contributed by atoms with Crippen LogP contribution in [0.3, 0.4) is 0 Å².